The number of hydrogen-bond acceptors (Lipinski definition) is 9. The number of halogens is 2. The number of fused-ring (bicyclic) bond motifs is 3. The number of nitrogens with one attached hydrogen (secondary N) is 1. The monoisotopic (exact) mass is 548 g/mol. The fraction of sp³-hybridized carbons (Fsp3) is 0.478. The molecule has 0 spiro atoms. The maximum absolute atomic E-state index is 13.5. The van der Waals surface area contributed by atoms with Crippen LogP contribution >= 0.6 is 11.3 Å². The second-order valence-electron chi connectivity index (χ2n) is 10.1. The quantitative estimate of drug-likeness (QED) is 0.391. The summed E-state index contributed by atoms with van der Waals surface area (Å²) in [6, 6.07) is 5.18. The van der Waals surface area contributed by atoms with Crippen LogP contribution in [0.4, 0.5) is 14.5 Å². The lowest BCUT2D eigenvalue weighted by atomic mass is 10.1. The van der Waals surface area contributed by atoms with Gasteiger partial charge in [-0.25, -0.2) is 31.4 Å². The third-order valence-corrected chi connectivity index (χ3v) is 9.76. The van der Waals surface area contributed by atoms with E-state index in [0.29, 0.717) is 41.0 Å². The van der Waals surface area contributed by atoms with Gasteiger partial charge in [-0.3, -0.25) is 0 Å². The number of piperazine rings is 1. The van der Waals surface area contributed by atoms with Crippen molar-refractivity contribution < 1.29 is 17.2 Å². The Balaban J connectivity index is 1.64. The molecule has 6 rings (SSSR count). The summed E-state index contributed by atoms with van der Waals surface area (Å²) in [4.78, 5) is 9.14. The summed E-state index contributed by atoms with van der Waals surface area (Å²) in [7, 11) is -1.82. The third-order valence-electron chi connectivity index (χ3n) is 7.20. The van der Waals surface area contributed by atoms with E-state index in [2.05, 4.69) is 48.8 Å². The number of rotatable bonds is 6. The molecule has 4 heterocycles. The van der Waals surface area contributed by atoms with Crippen molar-refractivity contribution in [3.05, 3.63) is 29.4 Å². The molecule has 196 valence electrons. The van der Waals surface area contributed by atoms with Crippen LogP contribution in [-0.2, 0) is 10.0 Å². The van der Waals surface area contributed by atoms with Gasteiger partial charge in [0.05, 0.1) is 22.3 Å². The smallest absolute Gasteiger partial charge is 0.291 e. The van der Waals surface area contributed by atoms with Gasteiger partial charge in [0.15, 0.2) is 15.7 Å². The largest absolute Gasteiger partial charge is 0.367 e. The molecule has 1 N–H and O–H groups in total. The molecule has 1 aliphatic heterocycles. The maximum atomic E-state index is 13.5. The van der Waals surface area contributed by atoms with Gasteiger partial charge in [-0.2, -0.15) is 5.10 Å². The highest BCUT2D eigenvalue weighted by molar-refractivity contribution is 7.89. The van der Waals surface area contributed by atoms with E-state index >= 15 is 0 Å². The number of anilines is 1. The minimum atomic E-state index is -3.88. The van der Waals surface area contributed by atoms with Crippen molar-refractivity contribution in [3.63, 3.8) is 0 Å². The molecule has 1 saturated carbocycles. The van der Waals surface area contributed by atoms with Crippen LogP contribution in [0.1, 0.15) is 38.1 Å². The predicted molar refractivity (Wildman–Crippen MR) is 137 cm³/mol. The van der Waals surface area contributed by atoms with Crippen molar-refractivity contribution in [2.75, 3.05) is 31.6 Å². The topological polar surface area (TPSA) is 109 Å². The van der Waals surface area contributed by atoms with Crippen LogP contribution in [0.25, 0.3) is 27.3 Å². The first-order chi connectivity index (χ1) is 17.5. The van der Waals surface area contributed by atoms with Gasteiger partial charge in [0.2, 0.25) is 10.0 Å². The summed E-state index contributed by atoms with van der Waals surface area (Å²) in [6.45, 7) is 6.15. The van der Waals surface area contributed by atoms with Gasteiger partial charge in [-0.15, -0.1) is 10.2 Å². The van der Waals surface area contributed by atoms with E-state index in [1.54, 1.807) is 28.9 Å². The van der Waals surface area contributed by atoms with Gasteiger partial charge in [-0.05, 0) is 45.9 Å². The number of likely N-dealkylation sites (N-methyl/N-ethyl adjacent to an activating group) is 1. The lowest BCUT2D eigenvalue weighted by Gasteiger charge is -2.39. The average Bonchev–Trinajstić information content (AvgIpc) is 3.24. The molecule has 0 bridgehead atoms. The molecule has 1 saturated heterocycles. The average molecular weight is 549 g/mol. The van der Waals surface area contributed by atoms with Crippen LogP contribution in [0.5, 0.6) is 0 Å². The highest BCUT2D eigenvalue weighted by Crippen LogP contribution is 2.40. The van der Waals surface area contributed by atoms with E-state index in [4.69, 9.17) is 0 Å². The van der Waals surface area contributed by atoms with E-state index in [1.807, 2.05) is 6.92 Å². The van der Waals surface area contributed by atoms with Crippen molar-refractivity contribution in [2.24, 2.45) is 0 Å². The van der Waals surface area contributed by atoms with Gasteiger partial charge in [0.1, 0.15) is 5.69 Å². The number of aromatic nitrogens is 5. The van der Waals surface area contributed by atoms with Gasteiger partial charge in [-0.1, -0.05) is 11.3 Å². The third kappa shape index (κ3) is 4.35. The van der Waals surface area contributed by atoms with Crippen LogP contribution in [0.3, 0.4) is 0 Å². The zero-order valence-electron chi connectivity index (χ0n) is 20.5. The number of hydrogen-bond donors (Lipinski definition) is 1. The van der Waals surface area contributed by atoms with Crippen LogP contribution < -0.4 is 9.62 Å². The highest BCUT2D eigenvalue weighted by Gasteiger charge is 2.41. The molecule has 4 aromatic rings. The van der Waals surface area contributed by atoms with Gasteiger partial charge in [0, 0.05) is 42.7 Å². The van der Waals surface area contributed by atoms with Crippen molar-refractivity contribution in [2.45, 2.75) is 49.6 Å². The first-order valence-corrected chi connectivity index (χ1v) is 14.3. The Bertz CT molecular complexity index is 1620. The van der Waals surface area contributed by atoms with Crippen LogP contribution in [0.2, 0.25) is 0 Å². The summed E-state index contributed by atoms with van der Waals surface area (Å²) in [6.07, 6.45) is 0.375. The van der Waals surface area contributed by atoms with Gasteiger partial charge in [0.25, 0.3) is 6.43 Å². The van der Waals surface area contributed by atoms with Crippen molar-refractivity contribution in [3.8, 4) is 10.7 Å². The Labute approximate surface area is 216 Å². The lowest BCUT2D eigenvalue weighted by molar-refractivity contribution is 0.150. The number of benzene rings is 1. The summed E-state index contributed by atoms with van der Waals surface area (Å²) < 4.78 is 58.2. The summed E-state index contributed by atoms with van der Waals surface area (Å²) in [5.41, 5.74) is 1.67. The molecule has 1 aromatic carbocycles. The lowest BCUT2D eigenvalue weighted by Crippen LogP contribution is -2.50. The van der Waals surface area contributed by atoms with E-state index in [1.165, 1.54) is 0 Å². The van der Waals surface area contributed by atoms with Crippen molar-refractivity contribution in [1.29, 1.82) is 0 Å². The van der Waals surface area contributed by atoms with E-state index < -0.39 is 27.0 Å². The van der Waals surface area contributed by atoms with Gasteiger partial charge >= 0.3 is 0 Å². The van der Waals surface area contributed by atoms with Crippen molar-refractivity contribution >= 4 is 43.6 Å². The molecule has 0 radical (unpaired) electrons. The molecular formula is C23H26F2N8O2S2. The fourth-order valence-electron chi connectivity index (χ4n) is 4.64. The van der Waals surface area contributed by atoms with Gasteiger partial charge < -0.3 is 9.80 Å². The van der Waals surface area contributed by atoms with Crippen LogP contribution in [0, 0.1) is 0 Å². The molecule has 0 unspecified atom stereocenters. The molecule has 37 heavy (non-hydrogen) atoms. The Hall–Kier alpha value is -2.81. The Morgan fingerprint density at radius 1 is 1.22 bits per heavy atom. The predicted octanol–water partition coefficient (Wildman–Crippen LogP) is 3.31. The molecule has 10 nitrogen and oxygen atoms in total. The second kappa shape index (κ2) is 8.61. The number of alkyl halides is 2. The molecule has 2 aliphatic rings. The summed E-state index contributed by atoms with van der Waals surface area (Å²) in [5, 5.41) is 12.3. The molecule has 2 fully saturated rings. The second-order valence-corrected chi connectivity index (χ2v) is 12.8. The SMILES string of the molecule is C[C@@H]1CN(c2cc(S(=O)(=O)NC3(C)CC3)cc3c(-c4nnc(C(F)F)s4)nc4ccnn4c23)CCN1C. The Kier molecular flexibility index (Phi) is 5.71. The standard InChI is InChI=1S/C23H26F2N8O2S2/c1-13-12-32(9-8-31(13)3)16-11-14(37(34,35)30-23(2)5-6-23)10-15-18(21-28-29-22(36-21)20(24)25)27-17-4-7-26-33(17)19(15)16/h4,7,10-11,13,20,30H,5-6,8-9,12H2,1-3H3/t13-/m1/s1. The Morgan fingerprint density at radius 3 is 2.68 bits per heavy atom. The minimum Gasteiger partial charge on any atom is -0.367 e. The van der Waals surface area contributed by atoms with Crippen LogP contribution in [0.15, 0.2) is 29.3 Å². The molecule has 0 amide bonds. The Morgan fingerprint density at radius 2 is 2.00 bits per heavy atom. The fourth-order valence-corrected chi connectivity index (χ4v) is 6.86. The molecule has 3 aromatic heterocycles. The first-order valence-electron chi connectivity index (χ1n) is 12.0. The zero-order chi connectivity index (χ0) is 26.1. The normalized spacial score (nSPS) is 20.4. The molecule has 14 heteroatoms. The van der Waals surface area contributed by atoms with Crippen molar-refractivity contribution in [1.82, 2.24) is 34.4 Å². The first kappa shape index (κ1) is 24.5. The zero-order valence-corrected chi connectivity index (χ0v) is 22.2. The molecular weight excluding hydrogens is 522 g/mol. The molecule has 1 aliphatic carbocycles. The van der Waals surface area contributed by atoms with Crippen LogP contribution in [-0.4, -0.2) is 76.4 Å². The van der Waals surface area contributed by atoms with E-state index in [9.17, 15) is 17.2 Å². The summed E-state index contributed by atoms with van der Waals surface area (Å²) in [5.74, 6) is 0. The minimum absolute atomic E-state index is 0.0860. The molecule has 1 atom stereocenters. The highest BCUT2D eigenvalue weighted by atomic mass is 32.2. The van der Waals surface area contributed by atoms with E-state index in [-0.39, 0.29) is 15.9 Å². The summed E-state index contributed by atoms with van der Waals surface area (Å²) >= 11 is 0.746. The van der Waals surface area contributed by atoms with E-state index in [0.717, 1.165) is 30.7 Å². The number of sulfonamides is 1. The number of nitrogens with zero attached hydrogens (tertiary/aromatic N) is 7. The maximum Gasteiger partial charge on any atom is 0.291 e.